The van der Waals surface area contributed by atoms with Crippen molar-refractivity contribution in [1.82, 2.24) is 0 Å². The van der Waals surface area contributed by atoms with Gasteiger partial charge in [-0.15, -0.1) is 0 Å². The Kier molecular flexibility index (Phi) is 3.82. The minimum atomic E-state index is -0.719. The van der Waals surface area contributed by atoms with Crippen LogP contribution in [0.25, 0.3) is 21.7 Å². The van der Waals surface area contributed by atoms with Gasteiger partial charge in [0.05, 0.1) is 5.39 Å². The number of rotatable bonds is 5. The first-order chi connectivity index (χ1) is 10.3. The summed E-state index contributed by atoms with van der Waals surface area (Å²) < 4.78 is 2.24. The van der Waals surface area contributed by atoms with Gasteiger partial charge in [-0.1, -0.05) is 30.3 Å². The Morgan fingerprint density at radius 1 is 0.952 bits per heavy atom. The molecule has 1 aromatic heterocycles. The Balaban J connectivity index is 1.98. The highest BCUT2D eigenvalue weighted by molar-refractivity contribution is 6.03. The summed E-state index contributed by atoms with van der Waals surface area (Å²) in [7, 11) is 0. The molecule has 0 aliphatic carbocycles. The van der Waals surface area contributed by atoms with Gasteiger partial charge in [0.25, 0.3) is 0 Å². The van der Waals surface area contributed by atoms with Gasteiger partial charge in [0.1, 0.15) is 6.54 Å². The van der Waals surface area contributed by atoms with Crippen LogP contribution < -0.4 is 4.57 Å². The second-order valence-electron chi connectivity index (χ2n) is 5.28. The number of hydrogen-bond donors (Lipinski definition) is 1. The minimum absolute atomic E-state index is 0.242. The summed E-state index contributed by atoms with van der Waals surface area (Å²) in [5, 5.41) is 12.4. The highest BCUT2D eigenvalue weighted by Gasteiger charge is 2.12. The Labute approximate surface area is 123 Å². The van der Waals surface area contributed by atoms with Crippen molar-refractivity contribution in [1.29, 1.82) is 0 Å². The van der Waals surface area contributed by atoms with Crippen molar-refractivity contribution in [3.63, 3.8) is 0 Å². The molecule has 3 heteroatoms. The fraction of sp³-hybridized carbons (Fsp3) is 0.222. The average molecular weight is 280 g/mol. The van der Waals surface area contributed by atoms with E-state index in [1.807, 2.05) is 12.1 Å². The third-order valence-electron chi connectivity index (χ3n) is 3.80. The number of fused-ring (bicyclic) bond motifs is 3. The van der Waals surface area contributed by atoms with Crippen molar-refractivity contribution in [2.45, 2.75) is 25.8 Å². The summed E-state index contributed by atoms with van der Waals surface area (Å²) in [6.07, 6.45) is 3.99. The number of carboxylic acid groups (broad SMARTS) is 1. The zero-order valence-corrected chi connectivity index (χ0v) is 11.8. The molecule has 0 aliphatic heterocycles. The van der Waals surface area contributed by atoms with Gasteiger partial charge in [0, 0.05) is 29.7 Å². The molecule has 0 atom stereocenters. The normalized spacial score (nSPS) is 11.0. The lowest BCUT2D eigenvalue weighted by Gasteiger charge is -2.05. The molecule has 0 radical (unpaired) electrons. The maximum absolute atomic E-state index is 10.6. The van der Waals surface area contributed by atoms with Gasteiger partial charge in [0.15, 0.2) is 6.20 Å². The maximum atomic E-state index is 10.6. The molecule has 0 saturated heterocycles. The van der Waals surface area contributed by atoms with Crippen molar-refractivity contribution < 1.29 is 14.5 Å². The minimum Gasteiger partial charge on any atom is -0.481 e. The molecule has 3 nitrogen and oxygen atoms in total. The third-order valence-corrected chi connectivity index (χ3v) is 3.80. The van der Waals surface area contributed by atoms with Crippen molar-refractivity contribution in [2.24, 2.45) is 0 Å². The number of aryl methyl sites for hydroxylation is 1. The van der Waals surface area contributed by atoms with Gasteiger partial charge in [-0.05, 0) is 18.6 Å². The molecule has 21 heavy (non-hydrogen) atoms. The van der Waals surface area contributed by atoms with Crippen LogP contribution in [0.4, 0.5) is 0 Å². The van der Waals surface area contributed by atoms with Crippen molar-refractivity contribution in [2.75, 3.05) is 0 Å². The molecule has 0 spiro atoms. The number of carbonyl (C=O) groups is 1. The molecule has 0 unspecified atom stereocenters. The second kappa shape index (κ2) is 5.92. The molecule has 0 amide bonds. The van der Waals surface area contributed by atoms with Gasteiger partial charge < -0.3 is 5.11 Å². The Hall–Kier alpha value is -2.42. The Morgan fingerprint density at radius 3 is 2.48 bits per heavy atom. The van der Waals surface area contributed by atoms with Gasteiger partial charge in [-0.3, -0.25) is 4.79 Å². The van der Waals surface area contributed by atoms with E-state index in [-0.39, 0.29) is 6.42 Å². The number of nitrogens with zero attached hydrogens (tertiary/aromatic N) is 1. The molecule has 1 heterocycles. The van der Waals surface area contributed by atoms with E-state index < -0.39 is 5.97 Å². The quantitative estimate of drug-likeness (QED) is 0.441. The zero-order chi connectivity index (χ0) is 14.7. The molecule has 2 aromatic carbocycles. The largest absolute Gasteiger partial charge is 0.481 e. The van der Waals surface area contributed by atoms with Crippen LogP contribution in [0.3, 0.4) is 0 Å². The van der Waals surface area contributed by atoms with E-state index in [1.54, 1.807) is 0 Å². The number of aromatic nitrogens is 1. The van der Waals surface area contributed by atoms with Crippen LogP contribution in [0.2, 0.25) is 0 Å². The molecule has 0 bridgehead atoms. The first-order valence-electron chi connectivity index (χ1n) is 7.27. The van der Waals surface area contributed by atoms with Crippen LogP contribution in [0, 0.1) is 0 Å². The summed E-state index contributed by atoms with van der Waals surface area (Å²) in [5.74, 6) is -0.719. The highest BCUT2D eigenvalue weighted by Crippen LogP contribution is 2.22. The fourth-order valence-corrected chi connectivity index (χ4v) is 2.79. The summed E-state index contributed by atoms with van der Waals surface area (Å²) in [5.41, 5.74) is 1.20. The van der Waals surface area contributed by atoms with Crippen LogP contribution >= 0.6 is 0 Å². The monoisotopic (exact) mass is 280 g/mol. The molecular formula is C18H18NO2+. The lowest BCUT2D eigenvalue weighted by Crippen LogP contribution is -2.34. The number of hydrogen-bond acceptors (Lipinski definition) is 1. The molecular weight excluding hydrogens is 262 g/mol. The number of unbranched alkanes of at least 4 members (excludes halogenated alkanes) is 1. The van der Waals surface area contributed by atoms with Crippen LogP contribution in [-0.2, 0) is 11.3 Å². The van der Waals surface area contributed by atoms with Gasteiger partial charge >= 0.3 is 5.97 Å². The summed E-state index contributed by atoms with van der Waals surface area (Å²) in [4.78, 5) is 10.6. The number of pyridine rings is 1. The molecule has 3 rings (SSSR count). The lowest BCUT2D eigenvalue weighted by molar-refractivity contribution is -0.670. The van der Waals surface area contributed by atoms with Crippen LogP contribution in [0.15, 0.2) is 54.7 Å². The highest BCUT2D eigenvalue weighted by atomic mass is 16.4. The Bertz CT molecular complexity index is 795. The maximum Gasteiger partial charge on any atom is 0.303 e. The summed E-state index contributed by atoms with van der Waals surface area (Å²) in [6.45, 7) is 0.846. The van der Waals surface area contributed by atoms with Crippen LogP contribution in [-0.4, -0.2) is 11.1 Å². The van der Waals surface area contributed by atoms with Crippen LogP contribution in [0.1, 0.15) is 19.3 Å². The molecule has 0 saturated carbocycles. The van der Waals surface area contributed by atoms with E-state index >= 15 is 0 Å². The predicted octanol–water partition coefficient (Wildman–Crippen LogP) is 3.54. The van der Waals surface area contributed by atoms with Gasteiger partial charge in [-0.25, -0.2) is 0 Å². The summed E-state index contributed by atoms with van der Waals surface area (Å²) >= 11 is 0. The number of carboxylic acids is 1. The van der Waals surface area contributed by atoms with Crippen molar-refractivity contribution in [3.05, 3.63) is 54.7 Å². The summed E-state index contributed by atoms with van der Waals surface area (Å²) in [6, 6.07) is 16.7. The first kappa shape index (κ1) is 13.6. The standard InChI is InChI=1S/C18H17NO2/c20-18(21)11-5-6-12-19-13-14-7-1-2-8-15(14)16-9-3-4-10-17(16)19/h1-4,7-10,13H,5-6,11-12H2/p+1. The zero-order valence-electron chi connectivity index (χ0n) is 11.8. The molecule has 1 N–H and O–H groups in total. The predicted molar refractivity (Wildman–Crippen MR) is 83.1 cm³/mol. The first-order valence-corrected chi connectivity index (χ1v) is 7.27. The number of para-hydroxylation sites is 1. The smallest absolute Gasteiger partial charge is 0.303 e. The van der Waals surface area contributed by atoms with Crippen molar-refractivity contribution >= 4 is 27.6 Å². The van der Waals surface area contributed by atoms with Crippen LogP contribution in [0.5, 0.6) is 0 Å². The van der Waals surface area contributed by atoms with Gasteiger partial charge in [-0.2, -0.15) is 4.57 Å². The molecule has 0 fully saturated rings. The van der Waals surface area contributed by atoms with E-state index in [0.717, 1.165) is 13.0 Å². The SMILES string of the molecule is O=C(O)CCCC[n+]1cc2ccccc2c2ccccc21. The van der Waals surface area contributed by atoms with E-state index in [0.29, 0.717) is 6.42 Å². The average Bonchev–Trinajstić information content (AvgIpc) is 2.51. The van der Waals surface area contributed by atoms with E-state index in [1.165, 1.54) is 21.7 Å². The topological polar surface area (TPSA) is 41.2 Å². The molecule has 0 aliphatic rings. The third kappa shape index (κ3) is 2.87. The van der Waals surface area contributed by atoms with E-state index in [9.17, 15) is 4.79 Å². The molecule has 106 valence electrons. The Morgan fingerprint density at radius 2 is 1.67 bits per heavy atom. The number of aliphatic carboxylic acids is 1. The van der Waals surface area contributed by atoms with Gasteiger partial charge in [0.2, 0.25) is 5.52 Å². The number of benzene rings is 2. The van der Waals surface area contributed by atoms with E-state index in [2.05, 4.69) is 47.2 Å². The molecule has 3 aromatic rings. The van der Waals surface area contributed by atoms with E-state index in [4.69, 9.17) is 5.11 Å². The van der Waals surface area contributed by atoms with Crippen molar-refractivity contribution in [3.8, 4) is 0 Å². The fourth-order valence-electron chi connectivity index (χ4n) is 2.79. The lowest BCUT2D eigenvalue weighted by atomic mass is 10.1. The second-order valence-corrected chi connectivity index (χ2v) is 5.28.